The molecule has 3 aromatic rings. The van der Waals surface area contributed by atoms with Crippen molar-refractivity contribution in [2.75, 3.05) is 38.2 Å². The zero-order valence-corrected chi connectivity index (χ0v) is 19.9. The van der Waals surface area contributed by atoms with Crippen LogP contribution in [0, 0.1) is 5.92 Å². The molecule has 7 nitrogen and oxygen atoms in total. The van der Waals surface area contributed by atoms with Crippen molar-refractivity contribution < 1.29 is 18.7 Å². The Bertz CT molecular complexity index is 1070. The van der Waals surface area contributed by atoms with Crippen LogP contribution in [0.3, 0.4) is 0 Å². The van der Waals surface area contributed by atoms with Crippen molar-refractivity contribution in [3.63, 3.8) is 0 Å². The molecular formula is C27H33N3O4. The predicted octanol–water partition coefficient (Wildman–Crippen LogP) is 4.09. The van der Waals surface area contributed by atoms with Crippen LogP contribution < -0.4 is 10.6 Å². The van der Waals surface area contributed by atoms with Gasteiger partial charge in [-0.25, -0.2) is 0 Å². The predicted molar refractivity (Wildman–Crippen MR) is 133 cm³/mol. The average molecular weight is 464 g/mol. The molecule has 1 aliphatic heterocycles. The topological polar surface area (TPSA) is 83.8 Å². The Morgan fingerprint density at radius 3 is 2.47 bits per heavy atom. The third-order valence-electron chi connectivity index (χ3n) is 6.07. The number of rotatable bonds is 9. The molecule has 1 fully saturated rings. The summed E-state index contributed by atoms with van der Waals surface area (Å²) in [6.45, 7) is 8.39. The Labute approximate surface area is 200 Å². The van der Waals surface area contributed by atoms with Crippen LogP contribution in [0.4, 0.5) is 5.69 Å². The van der Waals surface area contributed by atoms with Gasteiger partial charge in [-0.3, -0.25) is 14.5 Å². The molecule has 2 aromatic carbocycles. The van der Waals surface area contributed by atoms with Crippen LogP contribution in [0.1, 0.15) is 36.4 Å². The highest BCUT2D eigenvalue weighted by atomic mass is 16.5. The van der Waals surface area contributed by atoms with Crippen LogP contribution in [-0.2, 0) is 16.0 Å². The lowest BCUT2D eigenvalue weighted by Gasteiger charge is -2.35. The number of hydrogen-bond acceptors (Lipinski definition) is 5. The third kappa shape index (κ3) is 6.46. The Morgan fingerprint density at radius 2 is 1.76 bits per heavy atom. The number of nitrogens with one attached hydrogen (secondary N) is 2. The summed E-state index contributed by atoms with van der Waals surface area (Å²) in [6.07, 6.45) is 1.34. The summed E-state index contributed by atoms with van der Waals surface area (Å²) in [5.41, 5.74) is 2.23. The van der Waals surface area contributed by atoms with Gasteiger partial charge in [-0.15, -0.1) is 0 Å². The molecule has 1 saturated heterocycles. The SMILES string of the molecule is CC(C)CC(CNC(=O)Cc1ccc(NC(=O)c2cc3ccccc3o2)cc1)N1CCOCC1. The summed E-state index contributed by atoms with van der Waals surface area (Å²) in [5, 5.41) is 6.84. The van der Waals surface area contributed by atoms with E-state index < -0.39 is 0 Å². The summed E-state index contributed by atoms with van der Waals surface area (Å²) < 4.78 is 11.1. The maximum Gasteiger partial charge on any atom is 0.291 e. The number of ether oxygens (including phenoxy) is 1. The molecule has 0 spiro atoms. The number of morpholine rings is 1. The monoisotopic (exact) mass is 463 g/mol. The summed E-state index contributed by atoms with van der Waals surface area (Å²) >= 11 is 0. The van der Waals surface area contributed by atoms with Gasteiger partial charge in [0.25, 0.3) is 5.91 Å². The molecule has 1 aromatic heterocycles. The van der Waals surface area contributed by atoms with Gasteiger partial charge >= 0.3 is 0 Å². The quantitative estimate of drug-likeness (QED) is 0.499. The van der Waals surface area contributed by atoms with Gasteiger partial charge in [0.2, 0.25) is 5.91 Å². The molecule has 2 amide bonds. The number of carbonyl (C=O) groups is 2. The Morgan fingerprint density at radius 1 is 1.03 bits per heavy atom. The zero-order valence-electron chi connectivity index (χ0n) is 19.9. The Balaban J connectivity index is 1.28. The Hall–Kier alpha value is -3.16. The number of anilines is 1. The van der Waals surface area contributed by atoms with E-state index in [-0.39, 0.29) is 17.6 Å². The van der Waals surface area contributed by atoms with Crippen LogP contribution in [0.25, 0.3) is 11.0 Å². The average Bonchev–Trinajstić information content (AvgIpc) is 3.28. The van der Waals surface area contributed by atoms with Gasteiger partial charge < -0.3 is 19.8 Å². The van der Waals surface area contributed by atoms with E-state index in [0.29, 0.717) is 36.2 Å². The second-order valence-electron chi connectivity index (χ2n) is 9.21. The molecule has 7 heteroatoms. The maximum atomic E-state index is 12.6. The zero-order chi connectivity index (χ0) is 23.9. The fourth-order valence-electron chi connectivity index (χ4n) is 4.32. The minimum absolute atomic E-state index is 0.000997. The standard InChI is InChI=1S/C27H33N3O4/c1-19(2)15-23(30-11-13-33-14-12-30)18-28-26(31)16-20-7-9-22(10-8-20)29-27(32)25-17-21-5-3-4-6-24(21)34-25/h3-10,17,19,23H,11-16,18H2,1-2H3,(H,28,31)(H,29,32). The smallest absolute Gasteiger partial charge is 0.291 e. The van der Waals surface area contributed by atoms with Crippen molar-refractivity contribution in [1.82, 2.24) is 10.2 Å². The largest absolute Gasteiger partial charge is 0.451 e. The minimum Gasteiger partial charge on any atom is -0.451 e. The molecule has 2 N–H and O–H groups in total. The van der Waals surface area contributed by atoms with Crippen LogP contribution in [0.15, 0.2) is 59.0 Å². The first kappa shape index (κ1) is 24.0. The molecule has 1 atom stereocenters. The number of fused-ring (bicyclic) bond motifs is 1. The fourth-order valence-corrected chi connectivity index (χ4v) is 4.32. The molecule has 0 radical (unpaired) electrons. The lowest BCUT2D eigenvalue weighted by Crippen LogP contribution is -2.49. The molecule has 1 aliphatic rings. The van der Waals surface area contributed by atoms with E-state index in [1.54, 1.807) is 18.2 Å². The minimum atomic E-state index is -0.305. The lowest BCUT2D eigenvalue weighted by atomic mass is 10.0. The van der Waals surface area contributed by atoms with E-state index in [4.69, 9.17) is 9.15 Å². The number of carbonyl (C=O) groups excluding carboxylic acids is 2. The van der Waals surface area contributed by atoms with E-state index in [1.807, 2.05) is 36.4 Å². The molecule has 180 valence electrons. The fraction of sp³-hybridized carbons (Fsp3) is 0.407. The highest BCUT2D eigenvalue weighted by molar-refractivity contribution is 6.04. The summed E-state index contributed by atoms with van der Waals surface area (Å²) in [4.78, 5) is 27.5. The van der Waals surface area contributed by atoms with Crippen molar-refractivity contribution in [3.05, 3.63) is 65.9 Å². The second kappa shape index (κ2) is 11.3. The molecule has 0 aliphatic carbocycles. The van der Waals surface area contributed by atoms with Crippen molar-refractivity contribution in [2.24, 2.45) is 5.92 Å². The molecule has 4 rings (SSSR count). The second-order valence-corrected chi connectivity index (χ2v) is 9.21. The van der Waals surface area contributed by atoms with Crippen LogP contribution >= 0.6 is 0 Å². The first-order chi connectivity index (χ1) is 16.5. The van der Waals surface area contributed by atoms with E-state index >= 15 is 0 Å². The van der Waals surface area contributed by atoms with E-state index in [0.717, 1.165) is 43.7 Å². The van der Waals surface area contributed by atoms with Crippen molar-refractivity contribution in [3.8, 4) is 0 Å². The van der Waals surface area contributed by atoms with Gasteiger partial charge in [-0.1, -0.05) is 44.2 Å². The van der Waals surface area contributed by atoms with Crippen LogP contribution in [-0.4, -0.2) is 55.6 Å². The summed E-state index contributed by atoms with van der Waals surface area (Å²) in [7, 11) is 0. The number of benzene rings is 2. The molecule has 2 heterocycles. The first-order valence-electron chi connectivity index (χ1n) is 12.0. The molecular weight excluding hydrogens is 430 g/mol. The van der Waals surface area contributed by atoms with E-state index in [1.165, 1.54) is 0 Å². The van der Waals surface area contributed by atoms with Crippen LogP contribution in [0.2, 0.25) is 0 Å². The number of para-hydroxylation sites is 1. The number of furan rings is 1. The normalized spacial score (nSPS) is 15.4. The highest BCUT2D eigenvalue weighted by Crippen LogP contribution is 2.20. The van der Waals surface area contributed by atoms with Gasteiger partial charge in [0.15, 0.2) is 5.76 Å². The van der Waals surface area contributed by atoms with Crippen molar-refractivity contribution in [2.45, 2.75) is 32.7 Å². The first-order valence-corrected chi connectivity index (χ1v) is 12.0. The molecule has 0 saturated carbocycles. The van der Waals surface area contributed by atoms with Gasteiger partial charge in [-0.2, -0.15) is 0 Å². The molecule has 34 heavy (non-hydrogen) atoms. The van der Waals surface area contributed by atoms with Crippen LogP contribution in [0.5, 0.6) is 0 Å². The van der Waals surface area contributed by atoms with Crippen molar-refractivity contribution >= 4 is 28.5 Å². The highest BCUT2D eigenvalue weighted by Gasteiger charge is 2.22. The maximum absolute atomic E-state index is 12.6. The van der Waals surface area contributed by atoms with Gasteiger partial charge in [0, 0.05) is 36.7 Å². The number of nitrogens with zero attached hydrogens (tertiary/aromatic N) is 1. The Kier molecular flexibility index (Phi) is 7.98. The van der Waals surface area contributed by atoms with E-state index in [9.17, 15) is 9.59 Å². The van der Waals surface area contributed by atoms with Gasteiger partial charge in [0.1, 0.15) is 5.58 Å². The van der Waals surface area contributed by atoms with Gasteiger partial charge in [-0.05, 0) is 42.2 Å². The molecule has 1 unspecified atom stereocenters. The molecule has 0 bridgehead atoms. The van der Waals surface area contributed by atoms with Gasteiger partial charge in [0.05, 0.1) is 19.6 Å². The summed E-state index contributed by atoms with van der Waals surface area (Å²) in [5.74, 6) is 0.523. The summed E-state index contributed by atoms with van der Waals surface area (Å²) in [6, 6.07) is 16.9. The number of hydrogen-bond donors (Lipinski definition) is 2. The third-order valence-corrected chi connectivity index (χ3v) is 6.07. The number of amides is 2. The lowest BCUT2D eigenvalue weighted by molar-refractivity contribution is -0.120. The van der Waals surface area contributed by atoms with Crippen molar-refractivity contribution in [1.29, 1.82) is 0 Å². The van der Waals surface area contributed by atoms with E-state index in [2.05, 4.69) is 29.4 Å².